The van der Waals surface area contributed by atoms with E-state index in [9.17, 15) is 4.39 Å². The van der Waals surface area contributed by atoms with Crippen LogP contribution in [0.5, 0.6) is 0 Å². The molecule has 0 aromatic carbocycles. The Morgan fingerprint density at radius 3 is 2.36 bits per heavy atom. The molecule has 1 aliphatic heterocycles. The minimum Gasteiger partial charge on any atom is -0.382 e. The van der Waals surface area contributed by atoms with Crippen LogP contribution in [0.2, 0.25) is 0 Å². The average Bonchev–Trinajstić information content (AvgIpc) is 3.48. The molecule has 0 saturated carbocycles. The fraction of sp³-hybridized carbons (Fsp3) is 0.280. The van der Waals surface area contributed by atoms with Crippen molar-refractivity contribution in [3.63, 3.8) is 0 Å². The number of hydrogen-bond acceptors (Lipinski definition) is 9. The largest absolute Gasteiger partial charge is 0.382 e. The highest BCUT2D eigenvalue weighted by Crippen LogP contribution is 2.20. The lowest BCUT2D eigenvalue weighted by molar-refractivity contribution is 0.173. The van der Waals surface area contributed by atoms with Crippen LogP contribution < -0.4 is 9.80 Å². The van der Waals surface area contributed by atoms with E-state index >= 15 is 0 Å². The normalized spacial score (nSPS) is 16.1. The van der Waals surface area contributed by atoms with Crippen molar-refractivity contribution in [1.29, 1.82) is 0 Å². The maximum Gasteiger partial charge on any atom is 0.225 e. The monoisotopic (exact) mass is 487 g/mol. The van der Waals surface area contributed by atoms with E-state index in [1.165, 1.54) is 12.4 Å². The molecule has 1 saturated heterocycles. The van der Waals surface area contributed by atoms with Gasteiger partial charge in [0.15, 0.2) is 0 Å². The number of piperazine rings is 1. The van der Waals surface area contributed by atoms with Crippen molar-refractivity contribution in [2.75, 3.05) is 43.2 Å². The van der Waals surface area contributed by atoms with Gasteiger partial charge in [-0.3, -0.25) is 4.57 Å². The van der Waals surface area contributed by atoms with Gasteiger partial charge in [0.1, 0.15) is 18.8 Å². The number of anilines is 2. The molecule has 0 aliphatic carbocycles. The predicted octanol–water partition coefficient (Wildman–Crippen LogP) is 2.83. The van der Waals surface area contributed by atoms with Crippen LogP contribution in [0, 0.1) is 0 Å². The molecule has 4 aromatic rings. The van der Waals surface area contributed by atoms with Crippen LogP contribution in [0.3, 0.4) is 0 Å². The van der Waals surface area contributed by atoms with Crippen molar-refractivity contribution in [2.24, 2.45) is 0 Å². The minimum absolute atomic E-state index is 0.0148. The summed E-state index contributed by atoms with van der Waals surface area (Å²) in [6, 6.07) is 3.96. The first-order valence-corrected chi connectivity index (χ1v) is 11.6. The number of imidazole rings is 1. The third-order valence-electron chi connectivity index (χ3n) is 5.89. The van der Waals surface area contributed by atoms with E-state index in [1.54, 1.807) is 19.6 Å². The molecule has 36 heavy (non-hydrogen) atoms. The van der Waals surface area contributed by atoms with Crippen molar-refractivity contribution >= 4 is 24.0 Å². The number of pyridine rings is 1. The highest BCUT2D eigenvalue weighted by molar-refractivity contribution is 5.68. The van der Waals surface area contributed by atoms with Crippen LogP contribution in [-0.4, -0.2) is 73.9 Å². The van der Waals surface area contributed by atoms with Crippen LogP contribution in [-0.2, 0) is 11.4 Å². The molecule has 1 aliphatic rings. The molecule has 1 fully saturated rings. The van der Waals surface area contributed by atoms with Crippen molar-refractivity contribution in [2.45, 2.75) is 12.7 Å². The van der Waals surface area contributed by atoms with Crippen LogP contribution in [0.1, 0.15) is 16.7 Å². The van der Waals surface area contributed by atoms with Crippen LogP contribution in [0.25, 0.3) is 18.0 Å². The molecular formula is C25H26FN9O. The summed E-state index contributed by atoms with van der Waals surface area (Å²) in [5, 5.41) is 0. The van der Waals surface area contributed by atoms with Gasteiger partial charge in [-0.1, -0.05) is 12.2 Å². The summed E-state index contributed by atoms with van der Waals surface area (Å²) in [6.45, 7) is 1.97. The Labute approximate surface area is 208 Å². The SMILES string of the molecule is COC[C@H]1CN(c2ncc(/C=C/c3ccc(-n4ccnc4)nc3)cn2)CCN1c1ncc(CF)cn1. The third-order valence-corrected chi connectivity index (χ3v) is 5.89. The second-order valence-corrected chi connectivity index (χ2v) is 8.34. The van der Waals surface area contributed by atoms with Gasteiger partial charge >= 0.3 is 0 Å². The summed E-state index contributed by atoms with van der Waals surface area (Å²) in [6.07, 6.45) is 17.7. The van der Waals surface area contributed by atoms with Crippen molar-refractivity contribution < 1.29 is 9.13 Å². The third kappa shape index (κ3) is 5.36. The molecule has 0 N–H and O–H groups in total. The number of alkyl halides is 1. The number of rotatable bonds is 8. The van der Waals surface area contributed by atoms with Crippen LogP contribution in [0.4, 0.5) is 16.3 Å². The van der Waals surface area contributed by atoms with Gasteiger partial charge in [0.2, 0.25) is 11.9 Å². The molecule has 11 heteroatoms. The Kier molecular flexibility index (Phi) is 7.17. The predicted molar refractivity (Wildman–Crippen MR) is 134 cm³/mol. The Bertz CT molecular complexity index is 1260. The van der Waals surface area contributed by atoms with Gasteiger partial charge < -0.3 is 14.5 Å². The van der Waals surface area contributed by atoms with E-state index in [0.717, 1.165) is 16.9 Å². The topological polar surface area (TPSA) is 98.0 Å². The fourth-order valence-corrected chi connectivity index (χ4v) is 4.02. The molecule has 184 valence electrons. The maximum absolute atomic E-state index is 12.8. The quantitative estimate of drug-likeness (QED) is 0.372. The number of hydrogen-bond donors (Lipinski definition) is 0. The molecule has 10 nitrogen and oxygen atoms in total. The lowest BCUT2D eigenvalue weighted by atomic mass is 10.2. The first-order valence-electron chi connectivity index (χ1n) is 11.6. The zero-order chi connectivity index (χ0) is 24.7. The van der Waals surface area contributed by atoms with E-state index in [1.807, 2.05) is 53.6 Å². The zero-order valence-electron chi connectivity index (χ0n) is 19.9. The summed E-state index contributed by atoms with van der Waals surface area (Å²) in [4.78, 5) is 30.5. The van der Waals surface area contributed by atoms with Crippen molar-refractivity contribution in [3.8, 4) is 5.82 Å². The minimum atomic E-state index is -0.576. The van der Waals surface area contributed by atoms with Crippen molar-refractivity contribution in [3.05, 3.63) is 78.5 Å². The molecule has 0 spiro atoms. The smallest absolute Gasteiger partial charge is 0.225 e. The Hall–Kier alpha value is -4.25. The van der Waals surface area contributed by atoms with Gasteiger partial charge in [0, 0.05) is 81.2 Å². The molecule has 0 unspecified atom stereocenters. The molecule has 1 atom stereocenters. The van der Waals surface area contributed by atoms with Gasteiger partial charge in [-0.15, -0.1) is 0 Å². The molecule has 4 aromatic heterocycles. The van der Waals surface area contributed by atoms with E-state index in [-0.39, 0.29) is 6.04 Å². The fourth-order valence-electron chi connectivity index (χ4n) is 4.02. The summed E-state index contributed by atoms with van der Waals surface area (Å²) in [5.41, 5.74) is 2.33. The lowest BCUT2D eigenvalue weighted by Crippen LogP contribution is -2.56. The van der Waals surface area contributed by atoms with Crippen LogP contribution in [0.15, 0.2) is 61.8 Å². The molecular weight excluding hydrogens is 461 g/mol. The first-order chi connectivity index (χ1) is 17.7. The Morgan fingerprint density at radius 2 is 1.69 bits per heavy atom. The summed E-state index contributed by atoms with van der Waals surface area (Å²) >= 11 is 0. The highest BCUT2D eigenvalue weighted by Gasteiger charge is 2.30. The van der Waals surface area contributed by atoms with E-state index in [4.69, 9.17) is 4.74 Å². The molecule has 5 heterocycles. The van der Waals surface area contributed by atoms with Gasteiger partial charge in [-0.05, 0) is 17.7 Å². The van der Waals surface area contributed by atoms with Crippen LogP contribution >= 0.6 is 0 Å². The van der Waals surface area contributed by atoms with Gasteiger partial charge in [0.25, 0.3) is 0 Å². The number of nitrogens with zero attached hydrogens (tertiary/aromatic N) is 9. The van der Waals surface area contributed by atoms with E-state index in [2.05, 4.69) is 39.7 Å². The number of halogens is 1. The molecule has 0 bridgehead atoms. The van der Waals surface area contributed by atoms with E-state index in [0.29, 0.717) is 43.7 Å². The average molecular weight is 488 g/mol. The standard InChI is InChI=1S/C25H26FN9O/c1-36-17-22-16-33(8-9-35(22)25-31-14-21(10-26)15-32-25)24-29-12-20(13-30-24)3-2-19-4-5-23(28-11-19)34-7-6-27-18-34/h2-7,11-15,18,22H,8-10,16-17H2,1H3/b3-2+/t22-/m1/s1. The molecule has 0 amide bonds. The summed E-state index contributed by atoms with van der Waals surface area (Å²) in [5.74, 6) is 2.04. The lowest BCUT2D eigenvalue weighted by Gasteiger charge is -2.41. The van der Waals surface area contributed by atoms with E-state index < -0.39 is 6.67 Å². The van der Waals surface area contributed by atoms with Crippen molar-refractivity contribution in [1.82, 2.24) is 34.5 Å². The zero-order valence-corrected chi connectivity index (χ0v) is 19.9. The number of aromatic nitrogens is 7. The Balaban J connectivity index is 1.22. The molecule has 5 rings (SSSR count). The second kappa shape index (κ2) is 11.0. The number of methoxy groups -OCH3 is 1. The van der Waals surface area contributed by atoms with Gasteiger partial charge in [-0.2, -0.15) is 0 Å². The maximum atomic E-state index is 12.8. The molecule has 0 radical (unpaired) electrons. The first kappa shape index (κ1) is 23.5. The number of ether oxygens (including phenoxy) is 1. The van der Waals surface area contributed by atoms with Gasteiger partial charge in [0.05, 0.1) is 12.6 Å². The van der Waals surface area contributed by atoms with Gasteiger partial charge in [-0.25, -0.2) is 34.3 Å². The summed E-state index contributed by atoms with van der Waals surface area (Å²) in [7, 11) is 1.67. The highest BCUT2D eigenvalue weighted by atomic mass is 19.1. The second-order valence-electron chi connectivity index (χ2n) is 8.34. The summed E-state index contributed by atoms with van der Waals surface area (Å²) < 4.78 is 20.1. The Morgan fingerprint density at radius 1 is 0.944 bits per heavy atom.